The van der Waals surface area contributed by atoms with Crippen molar-refractivity contribution in [1.82, 2.24) is 16.1 Å². The molecule has 0 spiro atoms. The molecular formula is C32H34ClFN4O8. The molecular weight excluding hydrogens is 623 g/mol. The number of rotatable bonds is 14. The standard InChI is InChI=1S/C32H34ClFN4O8/c1-5-44-25-14-21(29-28(31(40)43-4)18(2)36-32(41)37-29)9-10-24(25)45-17-27(39)38-35-15-20-12-23(33)30(26(13-20)42-3)46-16-19-7-6-8-22(34)11-19/h6-15,27,29,38-39H,5,16-17H2,1-4H3,(H2,36,37,41)/b35-15-/t27-,29-/m0/s1. The number of carbonyl (C=O) groups excluding carboxylic acids is 2. The number of aliphatic hydroxyl groups is 1. The normalized spacial score (nSPS) is 15.1. The van der Waals surface area contributed by atoms with Crippen LogP contribution in [-0.4, -0.2) is 57.0 Å². The Bertz CT molecular complexity index is 1630. The zero-order valence-electron chi connectivity index (χ0n) is 25.6. The van der Waals surface area contributed by atoms with Gasteiger partial charge in [0.1, 0.15) is 19.0 Å². The predicted octanol–water partition coefficient (Wildman–Crippen LogP) is 4.59. The Hall–Kier alpha value is -5.01. The number of hydrazone groups is 1. The van der Waals surface area contributed by atoms with Crippen LogP contribution in [-0.2, 0) is 16.1 Å². The Morgan fingerprint density at radius 2 is 1.91 bits per heavy atom. The minimum absolute atomic E-state index is 0.0859. The Balaban J connectivity index is 1.39. The zero-order chi connectivity index (χ0) is 33.2. The SMILES string of the molecule is CCOc1cc([C@@H]2NC(=O)NC(C)=C2C(=O)OC)ccc1OC[C@H](O)N/N=C\c1cc(Cl)c(OCc2cccc(F)c2)c(OC)c1. The summed E-state index contributed by atoms with van der Waals surface area (Å²) >= 11 is 6.42. The molecule has 46 heavy (non-hydrogen) atoms. The molecule has 0 saturated carbocycles. The van der Waals surface area contributed by atoms with Gasteiger partial charge < -0.3 is 39.4 Å². The van der Waals surface area contributed by atoms with Crippen LogP contribution in [0.2, 0.25) is 5.02 Å². The minimum atomic E-state index is -1.21. The molecule has 1 aliphatic rings. The molecule has 4 N–H and O–H groups in total. The van der Waals surface area contributed by atoms with E-state index in [2.05, 4.69) is 21.2 Å². The molecule has 1 heterocycles. The fourth-order valence-corrected chi connectivity index (χ4v) is 4.83. The number of ether oxygens (including phenoxy) is 5. The third kappa shape index (κ3) is 8.58. The summed E-state index contributed by atoms with van der Waals surface area (Å²) in [6.45, 7) is 3.60. The lowest BCUT2D eigenvalue weighted by Crippen LogP contribution is -2.45. The molecule has 3 aromatic rings. The number of benzene rings is 3. The number of aliphatic hydroxyl groups excluding tert-OH is 1. The average Bonchev–Trinajstić information content (AvgIpc) is 3.03. The molecule has 0 bridgehead atoms. The third-order valence-electron chi connectivity index (χ3n) is 6.63. The number of methoxy groups -OCH3 is 2. The second-order valence-electron chi connectivity index (χ2n) is 9.87. The van der Waals surface area contributed by atoms with Crippen molar-refractivity contribution in [3.8, 4) is 23.0 Å². The number of nitrogens with one attached hydrogen (secondary N) is 3. The molecule has 4 rings (SSSR count). The fourth-order valence-electron chi connectivity index (χ4n) is 4.56. The third-order valence-corrected chi connectivity index (χ3v) is 6.91. The van der Waals surface area contributed by atoms with Crippen LogP contribution in [0.25, 0.3) is 0 Å². The molecule has 0 saturated heterocycles. The van der Waals surface area contributed by atoms with Crippen molar-refractivity contribution in [2.75, 3.05) is 27.4 Å². The van der Waals surface area contributed by atoms with E-state index in [1.807, 2.05) is 0 Å². The highest BCUT2D eigenvalue weighted by molar-refractivity contribution is 6.32. The first-order chi connectivity index (χ1) is 22.1. The van der Waals surface area contributed by atoms with Crippen LogP contribution in [0.5, 0.6) is 23.0 Å². The molecule has 244 valence electrons. The van der Waals surface area contributed by atoms with Crippen molar-refractivity contribution in [3.05, 3.63) is 93.4 Å². The van der Waals surface area contributed by atoms with E-state index < -0.39 is 24.3 Å². The quantitative estimate of drug-likeness (QED) is 0.0846. The molecule has 2 atom stereocenters. The number of urea groups is 1. The summed E-state index contributed by atoms with van der Waals surface area (Å²) in [6.07, 6.45) is 0.215. The first-order valence-electron chi connectivity index (χ1n) is 14.1. The molecule has 0 radical (unpaired) electrons. The van der Waals surface area contributed by atoms with E-state index in [9.17, 15) is 19.1 Å². The number of carbonyl (C=O) groups is 2. The molecule has 2 amide bonds. The lowest BCUT2D eigenvalue weighted by Gasteiger charge is -2.28. The summed E-state index contributed by atoms with van der Waals surface area (Å²) in [7, 11) is 2.72. The highest BCUT2D eigenvalue weighted by atomic mass is 35.5. The highest BCUT2D eigenvalue weighted by Crippen LogP contribution is 2.37. The number of hydrogen-bond donors (Lipinski definition) is 4. The second kappa shape index (κ2) is 15.8. The van der Waals surface area contributed by atoms with Gasteiger partial charge in [-0.1, -0.05) is 29.8 Å². The highest BCUT2D eigenvalue weighted by Gasteiger charge is 2.32. The van der Waals surface area contributed by atoms with Gasteiger partial charge in [-0.3, -0.25) is 5.43 Å². The van der Waals surface area contributed by atoms with E-state index in [4.69, 9.17) is 35.3 Å². The zero-order valence-corrected chi connectivity index (χ0v) is 26.3. The summed E-state index contributed by atoms with van der Waals surface area (Å²) in [5, 5.41) is 20.1. The van der Waals surface area contributed by atoms with Gasteiger partial charge in [-0.25, -0.2) is 14.0 Å². The fraction of sp³-hybridized carbons (Fsp3) is 0.281. The van der Waals surface area contributed by atoms with Crippen LogP contribution >= 0.6 is 11.6 Å². The molecule has 3 aromatic carbocycles. The van der Waals surface area contributed by atoms with E-state index >= 15 is 0 Å². The van der Waals surface area contributed by atoms with Crippen LogP contribution in [0, 0.1) is 5.82 Å². The number of allylic oxidation sites excluding steroid dienone is 1. The Kier molecular flexibility index (Phi) is 11.7. The maximum absolute atomic E-state index is 13.5. The maximum atomic E-state index is 13.5. The summed E-state index contributed by atoms with van der Waals surface area (Å²) in [6, 6.07) is 13.0. The van der Waals surface area contributed by atoms with E-state index in [0.29, 0.717) is 52.0 Å². The first kappa shape index (κ1) is 33.9. The lowest BCUT2D eigenvalue weighted by atomic mass is 9.95. The van der Waals surface area contributed by atoms with Gasteiger partial charge >= 0.3 is 12.0 Å². The van der Waals surface area contributed by atoms with Gasteiger partial charge in [-0.05, 0) is 66.9 Å². The van der Waals surface area contributed by atoms with Gasteiger partial charge in [-0.15, -0.1) is 0 Å². The Morgan fingerprint density at radius 1 is 1.11 bits per heavy atom. The monoisotopic (exact) mass is 656 g/mol. The molecule has 0 aliphatic carbocycles. The number of halogens is 2. The molecule has 1 aliphatic heterocycles. The average molecular weight is 657 g/mol. The van der Waals surface area contributed by atoms with E-state index in [1.165, 1.54) is 32.6 Å². The van der Waals surface area contributed by atoms with Crippen LogP contribution in [0.4, 0.5) is 9.18 Å². The van der Waals surface area contributed by atoms with Crippen molar-refractivity contribution in [2.24, 2.45) is 5.10 Å². The summed E-state index contributed by atoms with van der Waals surface area (Å²) in [5.74, 6) is 0.334. The van der Waals surface area contributed by atoms with Gasteiger partial charge in [0.25, 0.3) is 0 Å². The Morgan fingerprint density at radius 3 is 2.63 bits per heavy atom. The lowest BCUT2D eigenvalue weighted by molar-refractivity contribution is -0.136. The van der Waals surface area contributed by atoms with Gasteiger partial charge in [0.05, 0.1) is 43.7 Å². The van der Waals surface area contributed by atoms with Crippen LogP contribution in [0.15, 0.2) is 71.0 Å². The van der Waals surface area contributed by atoms with E-state index in [-0.39, 0.29) is 29.6 Å². The molecule has 0 unspecified atom stereocenters. The van der Waals surface area contributed by atoms with Crippen LogP contribution in [0.1, 0.15) is 36.6 Å². The van der Waals surface area contributed by atoms with Crippen molar-refractivity contribution >= 4 is 29.8 Å². The van der Waals surface area contributed by atoms with Crippen LogP contribution < -0.4 is 35.0 Å². The van der Waals surface area contributed by atoms with E-state index in [1.54, 1.807) is 56.3 Å². The Labute approximate surface area is 270 Å². The maximum Gasteiger partial charge on any atom is 0.337 e. The summed E-state index contributed by atoms with van der Waals surface area (Å²) in [5.41, 5.74) is 4.94. The molecule has 0 aromatic heterocycles. The van der Waals surface area contributed by atoms with Crippen molar-refractivity contribution < 1.29 is 42.8 Å². The molecule has 0 fully saturated rings. The van der Waals surface area contributed by atoms with Gasteiger partial charge in [-0.2, -0.15) is 5.10 Å². The van der Waals surface area contributed by atoms with E-state index in [0.717, 1.165) is 0 Å². The second-order valence-corrected chi connectivity index (χ2v) is 10.3. The van der Waals surface area contributed by atoms with Gasteiger partial charge in [0.2, 0.25) is 0 Å². The smallest absolute Gasteiger partial charge is 0.337 e. The van der Waals surface area contributed by atoms with Crippen molar-refractivity contribution in [1.29, 1.82) is 0 Å². The minimum Gasteiger partial charge on any atom is -0.493 e. The van der Waals surface area contributed by atoms with Crippen LogP contribution in [0.3, 0.4) is 0 Å². The summed E-state index contributed by atoms with van der Waals surface area (Å²) < 4.78 is 41.1. The largest absolute Gasteiger partial charge is 0.493 e. The topological polar surface area (TPSA) is 149 Å². The number of hydrogen-bond acceptors (Lipinski definition) is 10. The van der Waals surface area contributed by atoms with Gasteiger partial charge in [0, 0.05) is 5.70 Å². The molecule has 12 nitrogen and oxygen atoms in total. The number of amides is 2. The van der Waals surface area contributed by atoms with Crippen molar-refractivity contribution in [3.63, 3.8) is 0 Å². The number of esters is 1. The van der Waals surface area contributed by atoms with Gasteiger partial charge in [0.15, 0.2) is 29.2 Å². The summed E-state index contributed by atoms with van der Waals surface area (Å²) in [4.78, 5) is 24.6. The van der Waals surface area contributed by atoms with Crippen molar-refractivity contribution in [2.45, 2.75) is 32.7 Å². The predicted molar refractivity (Wildman–Crippen MR) is 168 cm³/mol. The molecule has 14 heteroatoms. The first-order valence-corrected chi connectivity index (χ1v) is 14.5. The number of nitrogens with zero attached hydrogens (tertiary/aromatic N) is 1.